The Morgan fingerprint density at radius 2 is 2.18 bits per heavy atom. The Kier molecular flexibility index (Phi) is 2.04. The molecule has 0 unspecified atom stereocenters. The van der Waals surface area contributed by atoms with Gasteiger partial charge in [0.1, 0.15) is 5.75 Å². The average molecular weight is 165 g/mol. The highest BCUT2D eigenvalue weighted by Gasteiger charge is 2.07. The summed E-state index contributed by atoms with van der Waals surface area (Å²) in [6, 6.07) is 8.19. The maximum absolute atomic E-state index is 5.41. The molecular weight excluding hydrogens is 156 g/mol. The summed E-state index contributed by atoms with van der Waals surface area (Å²) < 4.78 is 5.41. The molecule has 0 atom stereocenters. The van der Waals surface area contributed by atoms with Crippen LogP contribution in [0, 0.1) is 5.75 Å². The summed E-state index contributed by atoms with van der Waals surface area (Å²) in [5.74, 6) is 3.12. The van der Waals surface area contributed by atoms with Gasteiger partial charge in [0.2, 0.25) is 0 Å². The molecular formula is C9H9OS. The molecule has 1 radical (unpaired) electrons. The summed E-state index contributed by atoms with van der Waals surface area (Å²) in [6.07, 6.45) is 2.20. The summed E-state index contributed by atoms with van der Waals surface area (Å²) in [4.78, 5) is 0. The zero-order valence-corrected chi connectivity index (χ0v) is 6.93. The van der Waals surface area contributed by atoms with Gasteiger partial charge >= 0.3 is 0 Å². The molecule has 0 saturated carbocycles. The third-order valence-corrected chi connectivity index (χ3v) is 2.36. The standard InChI is InChI=1S/C9H9OS/c1-2-6-9-8(4-1)5-3-7-11-10-9/h1-2,4,6-7H,3,5H2. The smallest absolute Gasteiger partial charge is 0.140 e. The van der Waals surface area contributed by atoms with Gasteiger partial charge in [-0.1, -0.05) is 18.2 Å². The van der Waals surface area contributed by atoms with Crippen molar-refractivity contribution in [3.05, 3.63) is 35.6 Å². The van der Waals surface area contributed by atoms with Crippen molar-refractivity contribution >= 4 is 12.0 Å². The zero-order chi connectivity index (χ0) is 7.52. The molecule has 0 bridgehead atoms. The molecule has 1 nitrogen and oxygen atoms in total. The Labute approximate surface area is 71.0 Å². The van der Waals surface area contributed by atoms with Gasteiger partial charge < -0.3 is 4.18 Å². The van der Waals surface area contributed by atoms with Crippen LogP contribution in [-0.2, 0) is 6.42 Å². The van der Waals surface area contributed by atoms with Crippen molar-refractivity contribution in [2.75, 3.05) is 0 Å². The number of rotatable bonds is 0. The lowest BCUT2D eigenvalue weighted by Crippen LogP contribution is -1.83. The van der Waals surface area contributed by atoms with Crippen LogP contribution in [0.25, 0.3) is 0 Å². The van der Waals surface area contributed by atoms with E-state index in [0.29, 0.717) is 0 Å². The minimum Gasteiger partial charge on any atom is -0.425 e. The lowest BCUT2D eigenvalue weighted by atomic mass is 10.1. The van der Waals surface area contributed by atoms with Gasteiger partial charge in [0.25, 0.3) is 0 Å². The van der Waals surface area contributed by atoms with Crippen LogP contribution in [0.3, 0.4) is 0 Å². The molecule has 2 heteroatoms. The number of para-hydroxylation sites is 1. The van der Waals surface area contributed by atoms with E-state index in [1.54, 1.807) is 0 Å². The number of aryl methyl sites for hydroxylation is 1. The fraction of sp³-hybridized carbons (Fsp3) is 0.222. The van der Waals surface area contributed by atoms with E-state index in [2.05, 4.69) is 17.9 Å². The highest BCUT2D eigenvalue weighted by atomic mass is 32.2. The van der Waals surface area contributed by atoms with Crippen LogP contribution in [0.1, 0.15) is 12.0 Å². The molecule has 0 aliphatic carbocycles. The number of hydrogen-bond acceptors (Lipinski definition) is 2. The highest BCUT2D eigenvalue weighted by molar-refractivity contribution is 7.97. The molecule has 11 heavy (non-hydrogen) atoms. The normalized spacial score (nSPS) is 16.4. The van der Waals surface area contributed by atoms with Crippen LogP contribution in [0.2, 0.25) is 0 Å². The third kappa shape index (κ3) is 1.51. The Balaban J connectivity index is 2.33. The Morgan fingerprint density at radius 3 is 3.18 bits per heavy atom. The van der Waals surface area contributed by atoms with Crippen molar-refractivity contribution in [2.24, 2.45) is 0 Å². The van der Waals surface area contributed by atoms with Gasteiger partial charge in [0, 0.05) is 0 Å². The van der Waals surface area contributed by atoms with E-state index in [9.17, 15) is 0 Å². The van der Waals surface area contributed by atoms with Gasteiger partial charge in [-0.15, -0.1) is 0 Å². The molecule has 1 aromatic carbocycles. The lowest BCUT2D eigenvalue weighted by Gasteiger charge is -2.02. The van der Waals surface area contributed by atoms with Crippen LogP contribution in [0.4, 0.5) is 0 Å². The fourth-order valence-electron chi connectivity index (χ4n) is 1.14. The molecule has 0 saturated heterocycles. The first-order valence-electron chi connectivity index (χ1n) is 3.70. The van der Waals surface area contributed by atoms with Crippen LogP contribution in [0.15, 0.2) is 24.3 Å². The second-order valence-electron chi connectivity index (χ2n) is 2.49. The molecule has 57 valence electrons. The van der Waals surface area contributed by atoms with Gasteiger partial charge in [0.05, 0.1) is 17.8 Å². The largest absolute Gasteiger partial charge is 0.425 e. The topological polar surface area (TPSA) is 9.23 Å². The molecule has 1 aliphatic heterocycles. The average Bonchev–Trinajstić information content (AvgIpc) is 2.28. The van der Waals surface area contributed by atoms with E-state index in [0.717, 1.165) is 18.6 Å². The van der Waals surface area contributed by atoms with Crippen molar-refractivity contribution in [3.8, 4) is 5.75 Å². The maximum Gasteiger partial charge on any atom is 0.140 e. The number of benzene rings is 1. The Bertz CT molecular complexity index is 222. The first kappa shape index (κ1) is 7.04. The molecule has 0 aromatic heterocycles. The summed E-state index contributed by atoms with van der Waals surface area (Å²) in [5, 5.41) is 0. The first-order chi connectivity index (χ1) is 5.47. The van der Waals surface area contributed by atoms with E-state index in [4.69, 9.17) is 4.18 Å². The molecule has 2 rings (SSSR count). The summed E-state index contributed by atoms with van der Waals surface area (Å²) in [6.45, 7) is 0. The second-order valence-corrected chi connectivity index (χ2v) is 3.19. The second kappa shape index (κ2) is 3.18. The summed E-state index contributed by atoms with van der Waals surface area (Å²) >= 11 is 1.43. The van der Waals surface area contributed by atoms with Crippen LogP contribution < -0.4 is 4.18 Å². The van der Waals surface area contributed by atoms with Crippen molar-refractivity contribution in [3.63, 3.8) is 0 Å². The molecule has 0 spiro atoms. The van der Waals surface area contributed by atoms with Crippen molar-refractivity contribution in [2.45, 2.75) is 12.8 Å². The first-order valence-corrected chi connectivity index (χ1v) is 4.50. The fourth-order valence-corrected chi connectivity index (χ4v) is 1.69. The number of hydrogen-bond donors (Lipinski definition) is 0. The predicted octanol–water partition coefficient (Wildman–Crippen LogP) is 2.82. The van der Waals surface area contributed by atoms with Crippen molar-refractivity contribution in [1.29, 1.82) is 0 Å². The SMILES string of the molecule is [CH]1CCc2ccccc2OS1. The minimum atomic E-state index is 1.02. The monoisotopic (exact) mass is 165 g/mol. The Morgan fingerprint density at radius 1 is 1.27 bits per heavy atom. The van der Waals surface area contributed by atoms with Crippen LogP contribution >= 0.6 is 12.0 Å². The summed E-state index contributed by atoms with van der Waals surface area (Å²) in [5.41, 5.74) is 1.31. The molecule has 1 heterocycles. The minimum absolute atomic E-state index is 1.02. The van der Waals surface area contributed by atoms with Gasteiger partial charge in [-0.3, -0.25) is 0 Å². The van der Waals surface area contributed by atoms with Gasteiger partial charge in [0.15, 0.2) is 0 Å². The highest BCUT2D eigenvalue weighted by Crippen LogP contribution is 2.29. The van der Waals surface area contributed by atoms with Crippen molar-refractivity contribution < 1.29 is 4.18 Å². The molecule has 1 aromatic rings. The van der Waals surface area contributed by atoms with E-state index < -0.39 is 0 Å². The van der Waals surface area contributed by atoms with Gasteiger partial charge in [-0.2, -0.15) is 0 Å². The molecule has 0 amide bonds. The predicted molar refractivity (Wildman–Crippen MR) is 47.3 cm³/mol. The third-order valence-electron chi connectivity index (χ3n) is 1.71. The van der Waals surface area contributed by atoms with Crippen LogP contribution in [-0.4, -0.2) is 0 Å². The molecule has 1 aliphatic rings. The molecule has 0 fully saturated rings. The molecule has 0 N–H and O–H groups in total. The maximum atomic E-state index is 5.41. The Hall–Kier alpha value is -0.630. The van der Waals surface area contributed by atoms with Crippen LogP contribution in [0.5, 0.6) is 5.75 Å². The van der Waals surface area contributed by atoms with Gasteiger partial charge in [-0.05, 0) is 24.5 Å². The van der Waals surface area contributed by atoms with E-state index >= 15 is 0 Å². The van der Waals surface area contributed by atoms with Gasteiger partial charge in [-0.25, -0.2) is 0 Å². The van der Waals surface area contributed by atoms with E-state index in [1.807, 2.05) is 12.1 Å². The summed E-state index contributed by atoms with van der Waals surface area (Å²) in [7, 11) is 0. The lowest BCUT2D eigenvalue weighted by molar-refractivity contribution is 0.645. The van der Waals surface area contributed by atoms with E-state index in [-0.39, 0.29) is 0 Å². The number of fused-ring (bicyclic) bond motifs is 1. The van der Waals surface area contributed by atoms with E-state index in [1.165, 1.54) is 17.6 Å². The van der Waals surface area contributed by atoms with Crippen molar-refractivity contribution in [1.82, 2.24) is 0 Å². The quantitative estimate of drug-likeness (QED) is 0.547. The zero-order valence-electron chi connectivity index (χ0n) is 6.12.